The number of nitrogens with zero attached hydrogens (tertiary/aromatic N) is 1. The second kappa shape index (κ2) is 7.30. The smallest absolute Gasteiger partial charge is 0.310 e. The van der Waals surface area contributed by atoms with E-state index in [2.05, 4.69) is 56.0 Å². The number of ether oxygens (including phenoxy) is 1. The Morgan fingerprint density at radius 3 is 2.48 bits per heavy atom. The highest BCUT2D eigenvalue weighted by molar-refractivity contribution is 5.74. The van der Waals surface area contributed by atoms with Crippen LogP contribution in [0.4, 0.5) is 5.69 Å². The van der Waals surface area contributed by atoms with Crippen molar-refractivity contribution in [2.45, 2.75) is 47.1 Å². The molecule has 2 aromatic carbocycles. The summed E-state index contributed by atoms with van der Waals surface area (Å²) >= 11 is 0. The van der Waals surface area contributed by atoms with E-state index in [4.69, 9.17) is 4.74 Å². The van der Waals surface area contributed by atoms with Crippen molar-refractivity contribution < 1.29 is 9.53 Å². The number of rotatable bonds is 4. The van der Waals surface area contributed by atoms with Gasteiger partial charge >= 0.3 is 5.97 Å². The number of hydrogen-bond donors (Lipinski definition) is 0. The highest BCUT2D eigenvalue weighted by Gasteiger charge is 2.18. The molecule has 3 rings (SSSR count). The Hall–Kier alpha value is -2.29. The van der Waals surface area contributed by atoms with Gasteiger partial charge in [-0.2, -0.15) is 0 Å². The normalized spacial score (nSPS) is 13.5. The van der Waals surface area contributed by atoms with Crippen LogP contribution in [0.3, 0.4) is 0 Å². The summed E-state index contributed by atoms with van der Waals surface area (Å²) in [5, 5.41) is 0. The molecule has 2 aromatic rings. The van der Waals surface area contributed by atoms with Crippen molar-refractivity contribution in [2.75, 3.05) is 18.1 Å². The van der Waals surface area contributed by atoms with Crippen molar-refractivity contribution >= 4 is 11.7 Å². The minimum absolute atomic E-state index is 0.149. The summed E-state index contributed by atoms with van der Waals surface area (Å²) in [6.45, 7) is 10.6. The van der Waals surface area contributed by atoms with Crippen molar-refractivity contribution in [3.8, 4) is 0 Å². The molecule has 0 unspecified atom stereocenters. The van der Waals surface area contributed by atoms with E-state index in [-0.39, 0.29) is 5.97 Å². The lowest BCUT2D eigenvalue weighted by molar-refractivity contribution is -0.142. The largest absolute Gasteiger partial charge is 0.466 e. The molecule has 3 heteroatoms. The van der Waals surface area contributed by atoms with E-state index < -0.39 is 0 Å². The van der Waals surface area contributed by atoms with Gasteiger partial charge in [-0.05, 0) is 74.1 Å². The van der Waals surface area contributed by atoms with E-state index >= 15 is 0 Å². The third-order valence-corrected chi connectivity index (χ3v) is 5.05. The third-order valence-electron chi connectivity index (χ3n) is 5.05. The van der Waals surface area contributed by atoms with Crippen LogP contribution in [-0.4, -0.2) is 19.1 Å². The van der Waals surface area contributed by atoms with E-state index in [1.165, 1.54) is 22.4 Å². The molecule has 0 saturated heterocycles. The zero-order valence-electron chi connectivity index (χ0n) is 15.7. The average molecular weight is 337 g/mol. The number of aryl methyl sites for hydroxylation is 3. The molecule has 1 heterocycles. The van der Waals surface area contributed by atoms with Gasteiger partial charge in [-0.25, -0.2) is 0 Å². The molecule has 25 heavy (non-hydrogen) atoms. The van der Waals surface area contributed by atoms with Gasteiger partial charge in [-0.1, -0.05) is 23.8 Å². The van der Waals surface area contributed by atoms with Crippen LogP contribution in [0.2, 0.25) is 0 Å². The van der Waals surface area contributed by atoms with Gasteiger partial charge < -0.3 is 9.64 Å². The summed E-state index contributed by atoms with van der Waals surface area (Å²) in [6, 6.07) is 11.2. The van der Waals surface area contributed by atoms with Crippen LogP contribution in [0.1, 0.15) is 40.3 Å². The summed E-state index contributed by atoms with van der Waals surface area (Å²) in [6.07, 6.45) is 1.44. The fourth-order valence-corrected chi connectivity index (χ4v) is 3.69. The lowest BCUT2D eigenvalue weighted by atomic mass is 9.95. The minimum Gasteiger partial charge on any atom is -0.466 e. The number of carbonyl (C=O) groups excluding carboxylic acids is 1. The molecule has 0 saturated carbocycles. The van der Waals surface area contributed by atoms with Crippen LogP contribution in [0, 0.1) is 20.8 Å². The third kappa shape index (κ3) is 3.87. The molecule has 0 aliphatic carbocycles. The molecule has 0 radical (unpaired) electrons. The first kappa shape index (κ1) is 17.5. The van der Waals surface area contributed by atoms with Gasteiger partial charge in [0.05, 0.1) is 13.0 Å². The molecule has 0 spiro atoms. The molecule has 3 nitrogen and oxygen atoms in total. The van der Waals surface area contributed by atoms with Crippen LogP contribution >= 0.6 is 0 Å². The number of fused-ring (bicyclic) bond motifs is 1. The topological polar surface area (TPSA) is 29.5 Å². The Morgan fingerprint density at radius 2 is 1.80 bits per heavy atom. The number of hydrogen-bond acceptors (Lipinski definition) is 3. The number of esters is 1. The lowest BCUT2D eigenvalue weighted by Crippen LogP contribution is -2.30. The molecule has 0 N–H and O–H groups in total. The fourth-order valence-electron chi connectivity index (χ4n) is 3.69. The maximum absolute atomic E-state index is 11.8. The van der Waals surface area contributed by atoms with Crippen LogP contribution < -0.4 is 4.90 Å². The van der Waals surface area contributed by atoms with Crippen molar-refractivity contribution in [2.24, 2.45) is 0 Å². The van der Waals surface area contributed by atoms with Crippen molar-refractivity contribution in [1.82, 2.24) is 0 Å². The fraction of sp³-hybridized carbons (Fsp3) is 0.409. The number of benzene rings is 2. The summed E-state index contributed by atoms with van der Waals surface area (Å²) < 4.78 is 5.10. The Bertz CT molecular complexity index is 772. The first-order valence-electron chi connectivity index (χ1n) is 9.07. The SMILES string of the molecule is CCOC(=O)Cc1c(C)cc(N2CCc3cc(C)ccc3C2)cc1C. The van der Waals surface area contributed by atoms with Crippen molar-refractivity contribution in [3.05, 3.63) is 63.7 Å². The molecule has 0 atom stereocenters. The van der Waals surface area contributed by atoms with E-state index in [9.17, 15) is 4.79 Å². The van der Waals surface area contributed by atoms with Gasteiger partial charge in [0, 0.05) is 18.8 Å². The summed E-state index contributed by atoms with van der Waals surface area (Å²) in [7, 11) is 0. The van der Waals surface area contributed by atoms with Gasteiger partial charge in [0.25, 0.3) is 0 Å². The Kier molecular flexibility index (Phi) is 5.12. The second-order valence-electron chi connectivity index (χ2n) is 6.98. The Labute approximate surface area is 150 Å². The summed E-state index contributed by atoms with van der Waals surface area (Å²) in [5.74, 6) is -0.149. The predicted octanol–water partition coefficient (Wildman–Crippen LogP) is 4.28. The van der Waals surface area contributed by atoms with Crippen molar-refractivity contribution in [1.29, 1.82) is 0 Å². The van der Waals surface area contributed by atoms with Crippen LogP contribution in [0.5, 0.6) is 0 Å². The lowest BCUT2D eigenvalue weighted by Gasteiger charge is -2.32. The van der Waals surface area contributed by atoms with Crippen molar-refractivity contribution in [3.63, 3.8) is 0 Å². The molecule has 1 aliphatic rings. The molecule has 0 amide bonds. The quantitative estimate of drug-likeness (QED) is 0.780. The number of carbonyl (C=O) groups is 1. The van der Waals surface area contributed by atoms with Gasteiger partial charge in [0.15, 0.2) is 0 Å². The first-order valence-corrected chi connectivity index (χ1v) is 9.07. The van der Waals surface area contributed by atoms with Crippen LogP contribution in [0.25, 0.3) is 0 Å². The first-order chi connectivity index (χ1) is 12.0. The molecule has 132 valence electrons. The van der Waals surface area contributed by atoms with Crippen LogP contribution in [-0.2, 0) is 28.9 Å². The maximum Gasteiger partial charge on any atom is 0.310 e. The van der Waals surface area contributed by atoms with Gasteiger partial charge in [0.2, 0.25) is 0 Å². The molecular formula is C22H27NO2. The Morgan fingerprint density at radius 1 is 1.08 bits per heavy atom. The van der Waals surface area contributed by atoms with E-state index in [1.807, 2.05) is 6.92 Å². The molecule has 0 aromatic heterocycles. The molecule has 1 aliphatic heterocycles. The second-order valence-corrected chi connectivity index (χ2v) is 6.98. The minimum atomic E-state index is -0.149. The van der Waals surface area contributed by atoms with E-state index in [1.54, 1.807) is 0 Å². The highest BCUT2D eigenvalue weighted by atomic mass is 16.5. The molecule has 0 bridgehead atoms. The van der Waals surface area contributed by atoms with E-state index in [0.717, 1.165) is 36.2 Å². The van der Waals surface area contributed by atoms with Gasteiger partial charge in [0.1, 0.15) is 0 Å². The summed E-state index contributed by atoms with van der Waals surface area (Å²) in [5.41, 5.74) is 8.90. The molecule has 0 fully saturated rings. The van der Waals surface area contributed by atoms with E-state index in [0.29, 0.717) is 13.0 Å². The maximum atomic E-state index is 11.8. The average Bonchev–Trinajstić information content (AvgIpc) is 2.57. The zero-order valence-corrected chi connectivity index (χ0v) is 15.7. The van der Waals surface area contributed by atoms with Gasteiger partial charge in [-0.3, -0.25) is 4.79 Å². The monoisotopic (exact) mass is 337 g/mol. The standard InChI is InChI=1S/C22H27NO2/c1-5-25-22(24)13-21-16(3)11-20(12-17(21)4)23-9-8-18-10-15(2)6-7-19(18)14-23/h6-7,10-12H,5,8-9,13-14H2,1-4H3. The van der Waals surface area contributed by atoms with Crippen LogP contribution in [0.15, 0.2) is 30.3 Å². The molecular weight excluding hydrogens is 310 g/mol. The zero-order chi connectivity index (χ0) is 18.0. The number of anilines is 1. The Balaban J connectivity index is 1.82. The highest BCUT2D eigenvalue weighted by Crippen LogP contribution is 2.29. The predicted molar refractivity (Wildman–Crippen MR) is 102 cm³/mol. The van der Waals surface area contributed by atoms with Gasteiger partial charge in [-0.15, -0.1) is 0 Å². The summed E-state index contributed by atoms with van der Waals surface area (Å²) in [4.78, 5) is 14.3.